The highest BCUT2D eigenvalue weighted by Gasteiger charge is 2.45. The molecule has 0 spiro atoms. The molecule has 1 aromatic rings. The van der Waals surface area contributed by atoms with E-state index in [1.165, 1.54) is 12.1 Å². The van der Waals surface area contributed by atoms with Crippen molar-refractivity contribution in [2.24, 2.45) is 5.41 Å². The third-order valence-corrected chi connectivity index (χ3v) is 5.18. The molecule has 1 N–H and O–H groups in total. The van der Waals surface area contributed by atoms with Crippen LogP contribution in [0.4, 0.5) is 0 Å². The van der Waals surface area contributed by atoms with Gasteiger partial charge >= 0.3 is 0 Å². The summed E-state index contributed by atoms with van der Waals surface area (Å²) in [5.41, 5.74) is 0.416. The Bertz CT molecular complexity index is 652. The van der Waals surface area contributed by atoms with Gasteiger partial charge in [-0.15, -0.1) is 0 Å². The Hall–Kier alpha value is -1.40. The average molecular weight is 325 g/mol. The van der Waals surface area contributed by atoms with Gasteiger partial charge in [-0.25, -0.2) is 0 Å². The zero-order chi connectivity index (χ0) is 16.6. The van der Waals surface area contributed by atoms with Gasteiger partial charge in [0.2, 0.25) is 5.91 Å². The lowest BCUT2D eigenvalue weighted by molar-refractivity contribution is -0.129. The van der Waals surface area contributed by atoms with Crippen LogP contribution in [0, 0.1) is 5.41 Å². The van der Waals surface area contributed by atoms with Crippen LogP contribution in [-0.4, -0.2) is 27.0 Å². The number of hydrogen-bond acceptors (Lipinski definition) is 4. The van der Waals surface area contributed by atoms with Gasteiger partial charge in [0.1, 0.15) is 0 Å². The van der Waals surface area contributed by atoms with Gasteiger partial charge in [0.05, 0.1) is 12.0 Å². The maximum atomic E-state index is 12.1. The maximum Gasteiger partial charge on any atom is 0.296 e. The van der Waals surface area contributed by atoms with Crippen molar-refractivity contribution < 1.29 is 17.4 Å². The Labute approximate surface area is 132 Å². The lowest BCUT2D eigenvalue weighted by Gasteiger charge is -2.24. The van der Waals surface area contributed by atoms with Gasteiger partial charge in [-0.1, -0.05) is 32.9 Å². The van der Waals surface area contributed by atoms with Gasteiger partial charge in [0.15, 0.2) is 0 Å². The van der Waals surface area contributed by atoms with Crippen molar-refractivity contribution in [1.82, 2.24) is 5.32 Å². The monoisotopic (exact) mass is 325 g/mol. The van der Waals surface area contributed by atoms with Gasteiger partial charge in [-0.3, -0.25) is 8.98 Å². The number of rotatable bonds is 5. The molecule has 0 aliphatic heterocycles. The molecule has 1 aliphatic rings. The molecule has 0 heterocycles. The number of amides is 1. The zero-order valence-corrected chi connectivity index (χ0v) is 14.3. The van der Waals surface area contributed by atoms with E-state index >= 15 is 0 Å². The van der Waals surface area contributed by atoms with Crippen LogP contribution in [0.15, 0.2) is 29.2 Å². The van der Waals surface area contributed by atoms with Crippen LogP contribution in [0.1, 0.15) is 39.2 Å². The standard InChI is InChI=1S/C16H23NO4S/c1-15(2,3)14(18)17-16(9-10-16)11-12-5-7-13(8-6-12)22(19,20)21-4/h5-8H,9-11H2,1-4H3,(H,17,18). The van der Waals surface area contributed by atoms with Crippen LogP contribution in [0.25, 0.3) is 0 Å². The summed E-state index contributed by atoms with van der Waals surface area (Å²) in [6, 6.07) is 6.62. The summed E-state index contributed by atoms with van der Waals surface area (Å²) in [5.74, 6) is 0.0450. The van der Waals surface area contributed by atoms with Crippen molar-refractivity contribution in [3.8, 4) is 0 Å². The van der Waals surface area contributed by atoms with E-state index in [0.29, 0.717) is 6.42 Å². The number of nitrogens with one attached hydrogen (secondary N) is 1. The summed E-state index contributed by atoms with van der Waals surface area (Å²) < 4.78 is 27.7. The van der Waals surface area contributed by atoms with Crippen LogP contribution in [-0.2, 0) is 25.5 Å². The Morgan fingerprint density at radius 2 is 1.77 bits per heavy atom. The molecule has 5 nitrogen and oxygen atoms in total. The maximum absolute atomic E-state index is 12.1. The summed E-state index contributed by atoms with van der Waals surface area (Å²) in [4.78, 5) is 12.3. The van der Waals surface area contributed by atoms with Crippen molar-refractivity contribution in [3.05, 3.63) is 29.8 Å². The third kappa shape index (κ3) is 3.87. The van der Waals surface area contributed by atoms with E-state index < -0.39 is 15.5 Å². The van der Waals surface area contributed by atoms with Gasteiger partial charge in [0.25, 0.3) is 10.1 Å². The van der Waals surface area contributed by atoms with E-state index in [0.717, 1.165) is 25.5 Å². The Morgan fingerprint density at radius 3 is 2.18 bits per heavy atom. The van der Waals surface area contributed by atoms with E-state index in [1.54, 1.807) is 12.1 Å². The largest absolute Gasteiger partial charge is 0.350 e. The summed E-state index contributed by atoms with van der Waals surface area (Å²) in [6.45, 7) is 5.68. The fourth-order valence-electron chi connectivity index (χ4n) is 2.19. The van der Waals surface area contributed by atoms with Crippen molar-refractivity contribution in [3.63, 3.8) is 0 Å². The van der Waals surface area contributed by atoms with Crippen molar-refractivity contribution in [2.45, 2.75) is 50.5 Å². The number of benzene rings is 1. The fourth-order valence-corrected chi connectivity index (χ4v) is 2.85. The molecule has 0 saturated heterocycles. The normalized spacial score (nSPS) is 17.1. The summed E-state index contributed by atoms with van der Waals surface area (Å²) >= 11 is 0. The van der Waals surface area contributed by atoms with Crippen LogP contribution in [0.5, 0.6) is 0 Å². The van der Waals surface area contributed by atoms with E-state index in [2.05, 4.69) is 9.50 Å². The molecule has 22 heavy (non-hydrogen) atoms. The lowest BCUT2D eigenvalue weighted by atomic mass is 9.94. The molecule has 1 fully saturated rings. The van der Waals surface area contributed by atoms with Crippen molar-refractivity contribution in [1.29, 1.82) is 0 Å². The second-order valence-electron chi connectivity index (χ2n) is 6.93. The van der Waals surface area contributed by atoms with E-state index in [9.17, 15) is 13.2 Å². The average Bonchev–Trinajstić information content (AvgIpc) is 3.17. The third-order valence-electron chi connectivity index (χ3n) is 3.89. The first-order valence-electron chi connectivity index (χ1n) is 7.30. The van der Waals surface area contributed by atoms with Crippen molar-refractivity contribution >= 4 is 16.0 Å². The molecule has 0 atom stereocenters. The highest BCUT2D eigenvalue weighted by Crippen LogP contribution is 2.39. The molecule has 1 saturated carbocycles. The molecule has 1 amide bonds. The molecule has 0 unspecified atom stereocenters. The smallest absolute Gasteiger partial charge is 0.296 e. The lowest BCUT2D eigenvalue weighted by Crippen LogP contribution is -2.44. The SMILES string of the molecule is COS(=O)(=O)c1ccc(CC2(NC(=O)C(C)(C)C)CC2)cc1. The Balaban J connectivity index is 2.07. The molecule has 122 valence electrons. The van der Waals surface area contributed by atoms with Crippen LogP contribution < -0.4 is 5.32 Å². The molecule has 2 rings (SSSR count). The molecule has 1 aliphatic carbocycles. The highest BCUT2D eigenvalue weighted by atomic mass is 32.2. The Kier molecular flexibility index (Phi) is 4.37. The minimum atomic E-state index is -3.65. The topological polar surface area (TPSA) is 72.5 Å². The zero-order valence-electron chi connectivity index (χ0n) is 13.5. The molecule has 0 aromatic heterocycles. The highest BCUT2D eigenvalue weighted by molar-refractivity contribution is 7.86. The molecule has 6 heteroatoms. The molecular formula is C16H23NO4S. The summed E-state index contributed by atoms with van der Waals surface area (Å²) in [5, 5.41) is 3.13. The van der Waals surface area contributed by atoms with Gasteiger partial charge in [0, 0.05) is 11.0 Å². The minimum absolute atomic E-state index is 0.0450. The van der Waals surface area contributed by atoms with E-state index in [-0.39, 0.29) is 16.3 Å². The Morgan fingerprint density at radius 1 is 1.23 bits per heavy atom. The molecule has 1 aromatic carbocycles. The predicted octanol–water partition coefficient (Wildman–Crippen LogP) is 2.26. The van der Waals surface area contributed by atoms with Crippen LogP contribution in [0.2, 0.25) is 0 Å². The van der Waals surface area contributed by atoms with E-state index in [4.69, 9.17) is 0 Å². The van der Waals surface area contributed by atoms with Crippen LogP contribution >= 0.6 is 0 Å². The number of carbonyl (C=O) groups is 1. The predicted molar refractivity (Wildman–Crippen MR) is 83.9 cm³/mol. The first-order chi connectivity index (χ1) is 10.1. The van der Waals surface area contributed by atoms with Crippen LogP contribution in [0.3, 0.4) is 0 Å². The fraction of sp³-hybridized carbons (Fsp3) is 0.562. The summed E-state index contributed by atoms with van der Waals surface area (Å²) in [7, 11) is -2.51. The van der Waals surface area contributed by atoms with Crippen molar-refractivity contribution in [2.75, 3.05) is 7.11 Å². The van der Waals surface area contributed by atoms with Gasteiger partial charge < -0.3 is 5.32 Å². The molecular weight excluding hydrogens is 302 g/mol. The molecule has 0 radical (unpaired) electrons. The minimum Gasteiger partial charge on any atom is -0.350 e. The number of hydrogen-bond donors (Lipinski definition) is 1. The van der Waals surface area contributed by atoms with E-state index in [1.807, 2.05) is 20.8 Å². The quantitative estimate of drug-likeness (QED) is 0.843. The first-order valence-corrected chi connectivity index (χ1v) is 8.71. The van der Waals surface area contributed by atoms with Gasteiger partial charge in [-0.05, 0) is 37.0 Å². The second-order valence-corrected chi connectivity index (χ2v) is 8.64. The number of carbonyl (C=O) groups excluding carboxylic acids is 1. The molecule has 0 bridgehead atoms. The first kappa shape index (κ1) is 17.0. The second kappa shape index (κ2) is 5.66. The summed E-state index contributed by atoms with van der Waals surface area (Å²) in [6.07, 6.45) is 2.61. The van der Waals surface area contributed by atoms with Gasteiger partial charge in [-0.2, -0.15) is 8.42 Å².